The third-order valence-corrected chi connectivity index (χ3v) is 5.86. The highest BCUT2D eigenvalue weighted by Gasteiger charge is 2.42. The molecule has 0 radical (unpaired) electrons. The molecule has 15 heteroatoms. The Kier molecular flexibility index (Phi) is 13.7. The SMILES string of the molecule is CNC(=O)NC(=O)C(CCC(=O)O)C(C(N)=O)C(C)O[C@@H]([C@H](O)[C@H](O)CO)[C@H](C=O)NC(=O)c1ccccc1. The molecule has 216 valence electrons. The van der Waals surface area contributed by atoms with Gasteiger partial charge < -0.3 is 46.3 Å². The highest BCUT2D eigenvalue weighted by Crippen LogP contribution is 2.26. The van der Waals surface area contributed by atoms with E-state index in [1.807, 2.05) is 5.32 Å². The summed E-state index contributed by atoms with van der Waals surface area (Å²) in [5.41, 5.74) is 5.65. The first kappa shape index (κ1) is 33.1. The normalized spacial score (nSPS) is 16.3. The average molecular weight is 555 g/mol. The van der Waals surface area contributed by atoms with Crippen LogP contribution >= 0.6 is 0 Å². The van der Waals surface area contributed by atoms with E-state index in [2.05, 4.69) is 10.6 Å². The predicted octanol–water partition coefficient (Wildman–Crippen LogP) is -2.49. The van der Waals surface area contributed by atoms with E-state index in [1.165, 1.54) is 26.1 Å². The number of benzene rings is 1. The van der Waals surface area contributed by atoms with Gasteiger partial charge >= 0.3 is 12.0 Å². The first-order chi connectivity index (χ1) is 18.4. The number of ether oxygens (including phenoxy) is 1. The molecule has 39 heavy (non-hydrogen) atoms. The topological polar surface area (TPSA) is 255 Å². The molecule has 1 aromatic carbocycles. The van der Waals surface area contributed by atoms with Crippen LogP contribution in [-0.2, 0) is 23.9 Å². The Morgan fingerprint density at radius 2 is 1.72 bits per heavy atom. The summed E-state index contributed by atoms with van der Waals surface area (Å²) in [6.45, 7) is 0.255. The fourth-order valence-corrected chi connectivity index (χ4v) is 3.83. The molecule has 3 unspecified atom stereocenters. The van der Waals surface area contributed by atoms with Crippen molar-refractivity contribution in [2.45, 2.75) is 50.2 Å². The molecule has 1 rings (SSSR count). The summed E-state index contributed by atoms with van der Waals surface area (Å²) >= 11 is 0. The largest absolute Gasteiger partial charge is 0.481 e. The van der Waals surface area contributed by atoms with Crippen LogP contribution in [0.2, 0.25) is 0 Å². The number of primary amides is 1. The molecule has 0 aliphatic carbocycles. The highest BCUT2D eigenvalue weighted by molar-refractivity contribution is 5.98. The van der Waals surface area contributed by atoms with Gasteiger partial charge in [-0.15, -0.1) is 0 Å². The van der Waals surface area contributed by atoms with E-state index >= 15 is 0 Å². The van der Waals surface area contributed by atoms with Crippen molar-refractivity contribution in [3.63, 3.8) is 0 Å². The molecule has 9 N–H and O–H groups in total. The average Bonchev–Trinajstić information content (AvgIpc) is 2.91. The summed E-state index contributed by atoms with van der Waals surface area (Å²) in [4.78, 5) is 72.7. The van der Waals surface area contributed by atoms with Gasteiger partial charge in [-0.2, -0.15) is 0 Å². The lowest BCUT2D eigenvalue weighted by atomic mass is 9.83. The number of nitrogens with two attached hydrogens (primary N) is 1. The Balaban J connectivity index is 3.38. The van der Waals surface area contributed by atoms with Gasteiger partial charge in [-0.3, -0.25) is 24.5 Å². The smallest absolute Gasteiger partial charge is 0.321 e. The fourth-order valence-electron chi connectivity index (χ4n) is 3.83. The minimum Gasteiger partial charge on any atom is -0.481 e. The first-order valence-electron chi connectivity index (χ1n) is 11.8. The van der Waals surface area contributed by atoms with Crippen LogP contribution in [0.1, 0.15) is 30.1 Å². The van der Waals surface area contributed by atoms with Gasteiger partial charge in [0.25, 0.3) is 5.91 Å². The van der Waals surface area contributed by atoms with Crippen LogP contribution in [-0.4, -0.2) is 101 Å². The predicted molar refractivity (Wildman–Crippen MR) is 133 cm³/mol. The fraction of sp³-hybridized carbons (Fsp3) is 0.500. The van der Waals surface area contributed by atoms with Crippen molar-refractivity contribution >= 4 is 36.0 Å². The number of aldehydes is 1. The molecule has 0 aliphatic rings. The van der Waals surface area contributed by atoms with E-state index in [9.17, 15) is 44.1 Å². The molecule has 0 spiro atoms. The van der Waals surface area contributed by atoms with Crippen molar-refractivity contribution in [3.05, 3.63) is 35.9 Å². The number of carbonyl (C=O) groups is 6. The lowest BCUT2D eigenvalue weighted by Gasteiger charge is -2.36. The summed E-state index contributed by atoms with van der Waals surface area (Å²) in [6.07, 6.45) is -7.92. The molecule has 15 nitrogen and oxygen atoms in total. The molecule has 0 fully saturated rings. The third-order valence-electron chi connectivity index (χ3n) is 5.86. The number of nitrogens with one attached hydrogen (secondary N) is 3. The number of carboxylic acids is 1. The van der Waals surface area contributed by atoms with Gasteiger partial charge in [-0.25, -0.2) is 4.79 Å². The maximum atomic E-state index is 12.8. The number of hydrogen-bond donors (Lipinski definition) is 8. The number of carbonyl (C=O) groups excluding carboxylic acids is 5. The minimum absolute atomic E-state index is 0.142. The number of hydrogen-bond acceptors (Lipinski definition) is 10. The van der Waals surface area contributed by atoms with Gasteiger partial charge in [0, 0.05) is 19.0 Å². The molecule has 0 heterocycles. The Hall–Kier alpha value is -3.92. The van der Waals surface area contributed by atoms with E-state index in [0.29, 0.717) is 0 Å². The number of rotatable bonds is 16. The molecule has 7 atom stereocenters. The molecular weight excluding hydrogens is 520 g/mol. The Morgan fingerprint density at radius 3 is 2.21 bits per heavy atom. The summed E-state index contributed by atoms with van der Waals surface area (Å²) in [5, 5.41) is 45.5. The molecule has 0 saturated heterocycles. The maximum Gasteiger partial charge on any atom is 0.321 e. The van der Waals surface area contributed by atoms with E-state index in [1.54, 1.807) is 18.2 Å². The summed E-state index contributed by atoms with van der Waals surface area (Å²) in [7, 11) is 1.22. The second-order valence-corrected chi connectivity index (χ2v) is 8.58. The number of aliphatic hydroxyl groups is 3. The number of aliphatic hydroxyl groups excluding tert-OH is 3. The molecule has 0 aromatic heterocycles. The summed E-state index contributed by atoms with van der Waals surface area (Å²) < 4.78 is 5.72. The van der Waals surface area contributed by atoms with Crippen LogP contribution in [0.3, 0.4) is 0 Å². The van der Waals surface area contributed by atoms with Gasteiger partial charge in [0.05, 0.1) is 24.5 Å². The Labute approximate surface area is 223 Å². The van der Waals surface area contributed by atoms with Crippen LogP contribution in [0.5, 0.6) is 0 Å². The van der Waals surface area contributed by atoms with Crippen molar-refractivity contribution in [2.24, 2.45) is 17.6 Å². The molecule has 1 aromatic rings. The van der Waals surface area contributed by atoms with Gasteiger partial charge in [-0.05, 0) is 25.5 Å². The first-order valence-corrected chi connectivity index (χ1v) is 11.8. The zero-order valence-corrected chi connectivity index (χ0v) is 21.4. The van der Waals surface area contributed by atoms with Gasteiger partial charge in [0.15, 0.2) is 0 Å². The van der Waals surface area contributed by atoms with Crippen molar-refractivity contribution in [1.29, 1.82) is 0 Å². The number of imide groups is 1. The van der Waals surface area contributed by atoms with Crippen molar-refractivity contribution < 1.29 is 53.9 Å². The maximum absolute atomic E-state index is 12.8. The molecule has 0 saturated carbocycles. The third kappa shape index (κ3) is 10.0. The quantitative estimate of drug-likeness (QED) is 0.0992. The standard InChI is InChI=1S/C24H34N4O11/c1-12(18(21(25)35)14(8-9-17(32)33)23(37)28-24(38)26-2)39-20(19(34)16(31)11-30)15(10-29)27-22(36)13-6-4-3-5-7-13/h3-7,10,12,14-16,18-20,30-31,34H,8-9,11H2,1-2H3,(H2,25,35)(H,27,36)(H,32,33)(H2,26,28,37,38)/t12?,14?,15-,16+,18?,19+,20+/m0/s1. The molecular formula is C24H34N4O11. The second kappa shape index (κ2) is 16.1. The van der Waals surface area contributed by atoms with Crippen LogP contribution in [0.4, 0.5) is 4.79 Å². The second-order valence-electron chi connectivity index (χ2n) is 8.58. The summed E-state index contributed by atoms with van der Waals surface area (Å²) in [5.74, 6) is -7.38. The van der Waals surface area contributed by atoms with Crippen molar-refractivity contribution in [3.8, 4) is 0 Å². The van der Waals surface area contributed by atoms with Crippen LogP contribution in [0, 0.1) is 11.8 Å². The van der Waals surface area contributed by atoms with Crippen LogP contribution in [0.25, 0.3) is 0 Å². The summed E-state index contributed by atoms with van der Waals surface area (Å²) in [6, 6.07) is 5.07. The van der Waals surface area contributed by atoms with Crippen molar-refractivity contribution in [1.82, 2.24) is 16.0 Å². The Bertz CT molecular complexity index is 1010. The van der Waals surface area contributed by atoms with E-state index < -0.39 is 91.5 Å². The van der Waals surface area contributed by atoms with Crippen LogP contribution in [0.15, 0.2) is 30.3 Å². The number of amides is 5. The van der Waals surface area contributed by atoms with E-state index in [4.69, 9.17) is 15.6 Å². The van der Waals surface area contributed by atoms with Gasteiger partial charge in [-0.1, -0.05) is 18.2 Å². The number of carboxylic acid groups (broad SMARTS) is 1. The lowest BCUT2D eigenvalue weighted by Crippen LogP contribution is -2.57. The molecule has 0 bridgehead atoms. The monoisotopic (exact) mass is 554 g/mol. The zero-order valence-electron chi connectivity index (χ0n) is 21.4. The van der Waals surface area contributed by atoms with Gasteiger partial charge in [0.2, 0.25) is 11.8 Å². The van der Waals surface area contributed by atoms with Gasteiger partial charge in [0.1, 0.15) is 30.6 Å². The van der Waals surface area contributed by atoms with E-state index in [-0.39, 0.29) is 11.8 Å². The van der Waals surface area contributed by atoms with Crippen LogP contribution < -0.4 is 21.7 Å². The Morgan fingerprint density at radius 1 is 1.10 bits per heavy atom. The number of urea groups is 1. The zero-order chi connectivity index (χ0) is 29.7. The minimum atomic E-state index is -1.99. The highest BCUT2D eigenvalue weighted by atomic mass is 16.5. The number of aliphatic carboxylic acids is 1. The molecule has 5 amide bonds. The van der Waals surface area contributed by atoms with Crippen molar-refractivity contribution in [2.75, 3.05) is 13.7 Å². The van der Waals surface area contributed by atoms with E-state index in [0.717, 1.165) is 0 Å². The molecule has 0 aliphatic heterocycles. The lowest BCUT2D eigenvalue weighted by molar-refractivity contribution is -0.160.